The van der Waals surface area contributed by atoms with Crippen molar-refractivity contribution in [3.63, 3.8) is 0 Å². The van der Waals surface area contributed by atoms with E-state index in [1.165, 1.54) is 39.0 Å². The maximum absolute atomic E-state index is 7.57. The zero-order valence-corrected chi connectivity index (χ0v) is 28.4. The molecule has 0 radical (unpaired) electrons. The van der Waals surface area contributed by atoms with Crippen molar-refractivity contribution in [1.29, 1.82) is 0 Å². The summed E-state index contributed by atoms with van der Waals surface area (Å²) in [6, 6.07) is 30.8. The van der Waals surface area contributed by atoms with Gasteiger partial charge in [-0.1, -0.05) is 54.6 Å². The molecule has 7 rings (SSSR count). The van der Waals surface area contributed by atoms with Gasteiger partial charge in [-0.2, -0.15) is 0 Å². The SMILES string of the molecule is CCN(CC)c1ccc(C2(c3ccc(N(CC)CC)cc3)C=Cc3c(c4c(c5ccc(OC)c(OC)c35)Cc3ccccc3-4)O2)cc1. The van der Waals surface area contributed by atoms with Gasteiger partial charge in [0.15, 0.2) is 17.1 Å². The third-order valence-electron chi connectivity index (χ3n) is 10.2. The summed E-state index contributed by atoms with van der Waals surface area (Å²) in [5, 5.41) is 2.19. The predicted molar refractivity (Wildman–Crippen MR) is 196 cm³/mol. The Labute approximate surface area is 279 Å². The van der Waals surface area contributed by atoms with E-state index in [1.54, 1.807) is 14.2 Å². The fourth-order valence-electron chi connectivity index (χ4n) is 7.70. The van der Waals surface area contributed by atoms with E-state index in [1.807, 2.05) is 6.07 Å². The molecule has 5 nitrogen and oxygen atoms in total. The summed E-state index contributed by atoms with van der Waals surface area (Å²) in [5.41, 5.74) is 9.74. The first-order chi connectivity index (χ1) is 23.0. The molecular weight excluding hydrogens is 580 g/mol. The molecule has 0 amide bonds. The topological polar surface area (TPSA) is 34.2 Å². The molecule has 1 heterocycles. The number of hydrogen-bond acceptors (Lipinski definition) is 5. The number of fused-ring (bicyclic) bond motifs is 8. The Balaban J connectivity index is 1.50. The van der Waals surface area contributed by atoms with E-state index in [2.05, 4.69) is 129 Å². The van der Waals surface area contributed by atoms with Crippen LogP contribution in [0.25, 0.3) is 28.0 Å². The monoisotopic (exact) mass is 624 g/mol. The smallest absolute Gasteiger partial charge is 0.178 e. The molecule has 5 aromatic carbocycles. The first kappa shape index (κ1) is 30.7. The van der Waals surface area contributed by atoms with E-state index in [0.717, 1.165) is 66.2 Å². The van der Waals surface area contributed by atoms with E-state index in [4.69, 9.17) is 14.2 Å². The van der Waals surface area contributed by atoms with Gasteiger partial charge >= 0.3 is 0 Å². The summed E-state index contributed by atoms with van der Waals surface area (Å²) < 4.78 is 19.4. The molecule has 0 saturated carbocycles. The third kappa shape index (κ3) is 4.83. The molecule has 0 bridgehead atoms. The summed E-state index contributed by atoms with van der Waals surface area (Å²) in [6.45, 7) is 12.6. The second kappa shape index (κ2) is 12.4. The number of nitrogens with zero attached hydrogens (tertiary/aromatic N) is 2. The molecule has 5 aromatic rings. The van der Waals surface area contributed by atoms with Crippen molar-refractivity contribution in [3.8, 4) is 28.4 Å². The van der Waals surface area contributed by atoms with Gasteiger partial charge in [-0.3, -0.25) is 0 Å². The molecule has 0 unspecified atom stereocenters. The number of methoxy groups -OCH3 is 2. The van der Waals surface area contributed by atoms with Crippen molar-refractivity contribution in [2.24, 2.45) is 0 Å². The minimum atomic E-state index is -0.846. The molecule has 1 aliphatic carbocycles. The van der Waals surface area contributed by atoms with Gasteiger partial charge in [0.05, 0.1) is 14.2 Å². The van der Waals surface area contributed by atoms with Gasteiger partial charge in [-0.15, -0.1) is 0 Å². The minimum absolute atomic E-state index is 0.710. The van der Waals surface area contributed by atoms with E-state index in [9.17, 15) is 0 Å². The lowest BCUT2D eigenvalue weighted by molar-refractivity contribution is 0.162. The highest BCUT2D eigenvalue weighted by molar-refractivity contribution is 6.08. The van der Waals surface area contributed by atoms with Crippen LogP contribution in [-0.4, -0.2) is 40.4 Å². The Morgan fingerprint density at radius 1 is 0.702 bits per heavy atom. The third-order valence-corrected chi connectivity index (χ3v) is 10.2. The fraction of sp³-hybridized carbons (Fsp3) is 0.286. The van der Waals surface area contributed by atoms with Gasteiger partial charge in [0.2, 0.25) is 0 Å². The standard InChI is InChI=1S/C42H44N2O3/c1-7-43(8-2)31-19-15-29(16-20-31)42(30-17-21-32(22-18-30)44(9-3)10-4)26-25-35-39-34(23-24-37(45-5)41(39)46-6)36-27-28-13-11-12-14-33(28)38(36)40(35)47-42/h11-26H,7-10,27H2,1-6H3. The molecule has 0 fully saturated rings. The van der Waals surface area contributed by atoms with E-state index < -0.39 is 5.60 Å². The molecule has 0 spiro atoms. The molecule has 1 aliphatic heterocycles. The van der Waals surface area contributed by atoms with Crippen molar-refractivity contribution >= 4 is 28.2 Å². The lowest BCUT2D eigenvalue weighted by atomic mass is 9.81. The van der Waals surface area contributed by atoms with Crippen LogP contribution in [0.4, 0.5) is 11.4 Å². The maximum atomic E-state index is 7.57. The number of ether oxygens (including phenoxy) is 3. The Bertz CT molecular complexity index is 1900. The quantitative estimate of drug-likeness (QED) is 0.152. The minimum Gasteiger partial charge on any atom is -0.493 e. The molecule has 2 aliphatic rings. The molecular formula is C42H44N2O3. The Morgan fingerprint density at radius 3 is 1.85 bits per heavy atom. The molecule has 240 valence electrons. The van der Waals surface area contributed by atoms with Gasteiger partial charge < -0.3 is 24.0 Å². The van der Waals surface area contributed by atoms with Gasteiger partial charge in [0, 0.05) is 65.2 Å². The predicted octanol–water partition coefficient (Wildman–Crippen LogP) is 9.47. The maximum Gasteiger partial charge on any atom is 0.178 e. The van der Waals surface area contributed by atoms with Crippen molar-refractivity contribution in [2.45, 2.75) is 39.7 Å². The van der Waals surface area contributed by atoms with Crippen LogP contribution < -0.4 is 24.0 Å². The number of anilines is 2. The Hall–Kier alpha value is -4.90. The largest absolute Gasteiger partial charge is 0.493 e. The molecule has 0 saturated heterocycles. The lowest BCUT2D eigenvalue weighted by Gasteiger charge is -2.38. The van der Waals surface area contributed by atoms with Crippen molar-refractivity contribution in [1.82, 2.24) is 0 Å². The van der Waals surface area contributed by atoms with Gasteiger partial charge in [0.25, 0.3) is 0 Å². The molecule has 5 heteroatoms. The molecule has 0 aromatic heterocycles. The van der Waals surface area contributed by atoms with E-state index in [0.29, 0.717) is 5.75 Å². The molecule has 0 atom stereocenters. The van der Waals surface area contributed by atoms with E-state index >= 15 is 0 Å². The number of benzene rings is 5. The number of rotatable bonds is 10. The van der Waals surface area contributed by atoms with Gasteiger partial charge in [-0.05, 0) is 98.7 Å². The first-order valence-corrected chi connectivity index (χ1v) is 16.9. The zero-order chi connectivity index (χ0) is 32.7. The first-order valence-electron chi connectivity index (χ1n) is 16.9. The van der Waals surface area contributed by atoms with Gasteiger partial charge in [-0.25, -0.2) is 0 Å². The highest BCUT2D eigenvalue weighted by atomic mass is 16.5. The van der Waals surface area contributed by atoms with Crippen LogP contribution in [0, 0.1) is 0 Å². The van der Waals surface area contributed by atoms with Crippen LogP contribution >= 0.6 is 0 Å². The summed E-state index contributed by atoms with van der Waals surface area (Å²) in [5.74, 6) is 2.32. The van der Waals surface area contributed by atoms with Crippen molar-refractivity contribution in [3.05, 3.63) is 119 Å². The second-order valence-electron chi connectivity index (χ2n) is 12.3. The summed E-state index contributed by atoms with van der Waals surface area (Å²) in [4.78, 5) is 4.75. The Morgan fingerprint density at radius 2 is 1.30 bits per heavy atom. The van der Waals surface area contributed by atoms with Crippen LogP contribution in [0.15, 0.2) is 91.0 Å². The Kier molecular flexibility index (Phi) is 8.09. The summed E-state index contributed by atoms with van der Waals surface area (Å²) >= 11 is 0. The van der Waals surface area contributed by atoms with E-state index in [-0.39, 0.29) is 0 Å². The van der Waals surface area contributed by atoms with Gasteiger partial charge in [0.1, 0.15) is 5.75 Å². The summed E-state index contributed by atoms with van der Waals surface area (Å²) in [7, 11) is 3.42. The van der Waals surface area contributed by atoms with Crippen LogP contribution in [0.5, 0.6) is 17.2 Å². The average Bonchev–Trinajstić information content (AvgIpc) is 3.52. The highest BCUT2D eigenvalue weighted by Crippen LogP contribution is 2.56. The van der Waals surface area contributed by atoms with Crippen LogP contribution in [-0.2, 0) is 12.0 Å². The second-order valence-corrected chi connectivity index (χ2v) is 12.3. The van der Waals surface area contributed by atoms with Crippen LogP contribution in [0.2, 0.25) is 0 Å². The zero-order valence-electron chi connectivity index (χ0n) is 28.4. The number of hydrogen-bond donors (Lipinski definition) is 0. The highest BCUT2D eigenvalue weighted by Gasteiger charge is 2.41. The lowest BCUT2D eigenvalue weighted by Crippen LogP contribution is -2.35. The van der Waals surface area contributed by atoms with Crippen LogP contribution in [0.1, 0.15) is 55.5 Å². The van der Waals surface area contributed by atoms with Crippen molar-refractivity contribution < 1.29 is 14.2 Å². The molecule has 47 heavy (non-hydrogen) atoms. The summed E-state index contributed by atoms with van der Waals surface area (Å²) in [6.07, 6.45) is 5.32. The fourth-order valence-corrected chi connectivity index (χ4v) is 7.70. The molecule has 0 N–H and O–H groups in total. The van der Waals surface area contributed by atoms with Crippen molar-refractivity contribution in [2.75, 3.05) is 50.2 Å². The van der Waals surface area contributed by atoms with Crippen LogP contribution in [0.3, 0.4) is 0 Å². The average molecular weight is 625 g/mol. The normalized spacial score (nSPS) is 13.8.